The van der Waals surface area contributed by atoms with E-state index in [1.807, 2.05) is 24.5 Å². The van der Waals surface area contributed by atoms with Crippen molar-refractivity contribution in [2.75, 3.05) is 31.1 Å². The summed E-state index contributed by atoms with van der Waals surface area (Å²) in [6, 6.07) is 8.85. The lowest BCUT2D eigenvalue weighted by molar-refractivity contribution is 0.150. The van der Waals surface area contributed by atoms with Crippen LogP contribution in [0.4, 0.5) is 5.69 Å². The number of hydrogen-bond donors (Lipinski definition) is 1. The first kappa shape index (κ1) is 16.9. The van der Waals surface area contributed by atoms with Crippen molar-refractivity contribution in [2.45, 2.75) is 44.1 Å². The third kappa shape index (κ3) is 3.85. The SMILES string of the molecule is Clc1cccc(N2CCN(C3CCCCCC3c3ncc[nH]3)CC2)c1. The molecule has 2 fully saturated rings. The molecular weight excluding hydrogens is 332 g/mol. The van der Waals surface area contributed by atoms with Gasteiger partial charge in [-0.25, -0.2) is 4.98 Å². The van der Waals surface area contributed by atoms with Crippen molar-refractivity contribution >= 4 is 17.3 Å². The van der Waals surface area contributed by atoms with Crippen LogP contribution in [0.2, 0.25) is 5.02 Å². The Kier molecular flexibility index (Phi) is 5.28. The first-order chi connectivity index (χ1) is 12.3. The molecular formula is C20H27ClN4. The van der Waals surface area contributed by atoms with Crippen LogP contribution in [0.25, 0.3) is 0 Å². The summed E-state index contributed by atoms with van der Waals surface area (Å²) in [7, 11) is 0. The Morgan fingerprint density at radius 2 is 1.88 bits per heavy atom. The minimum Gasteiger partial charge on any atom is -0.369 e. The molecule has 134 valence electrons. The number of imidazole rings is 1. The highest BCUT2D eigenvalue weighted by atomic mass is 35.5. The van der Waals surface area contributed by atoms with E-state index < -0.39 is 0 Å². The van der Waals surface area contributed by atoms with Crippen LogP contribution in [0, 0.1) is 0 Å². The summed E-state index contributed by atoms with van der Waals surface area (Å²) in [6.07, 6.45) is 10.4. The van der Waals surface area contributed by atoms with Crippen molar-refractivity contribution < 1.29 is 0 Å². The van der Waals surface area contributed by atoms with E-state index in [1.165, 1.54) is 43.6 Å². The zero-order valence-electron chi connectivity index (χ0n) is 14.7. The standard InChI is InChI=1S/C20H27ClN4/c21-16-5-4-6-17(15-16)24-11-13-25(14-12-24)19-8-3-1-2-7-18(19)20-22-9-10-23-20/h4-6,9-10,15,18-19H,1-3,7-8,11-14H2,(H,22,23). The average molecular weight is 359 g/mol. The van der Waals surface area contributed by atoms with Crippen molar-refractivity contribution in [1.29, 1.82) is 0 Å². The van der Waals surface area contributed by atoms with Gasteiger partial charge < -0.3 is 9.88 Å². The fraction of sp³-hybridized carbons (Fsp3) is 0.550. The summed E-state index contributed by atoms with van der Waals surface area (Å²) in [4.78, 5) is 13.1. The second kappa shape index (κ2) is 7.79. The highest BCUT2D eigenvalue weighted by molar-refractivity contribution is 6.30. The number of hydrogen-bond acceptors (Lipinski definition) is 3. The zero-order valence-corrected chi connectivity index (χ0v) is 15.5. The van der Waals surface area contributed by atoms with E-state index in [4.69, 9.17) is 11.6 Å². The molecule has 2 atom stereocenters. The maximum Gasteiger partial charge on any atom is 0.110 e. The molecule has 1 N–H and O–H groups in total. The van der Waals surface area contributed by atoms with Crippen molar-refractivity contribution in [3.8, 4) is 0 Å². The third-order valence-electron chi connectivity index (χ3n) is 5.81. The summed E-state index contributed by atoms with van der Waals surface area (Å²) in [5.74, 6) is 1.74. The highest BCUT2D eigenvalue weighted by Gasteiger charge is 2.33. The van der Waals surface area contributed by atoms with Gasteiger partial charge in [-0.05, 0) is 31.0 Å². The Balaban J connectivity index is 1.45. The van der Waals surface area contributed by atoms with E-state index in [2.05, 4.69) is 31.9 Å². The van der Waals surface area contributed by atoms with Crippen molar-refractivity contribution in [2.24, 2.45) is 0 Å². The Bertz CT molecular complexity index is 664. The van der Waals surface area contributed by atoms with Gasteiger partial charge in [0.2, 0.25) is 0 Å². The number of benzene rings is 1. The molecule has 1 saturated carbocycles. The molecule has 2 unspecified atom stereocenters. The molecule has 1 saturated heterocycles. The Hall–Kier alpha value is -1.52. The number of nitrogens with zero attached hydrogens (tertiary/aromatic N) is 3. The van der Waals surface area contributed by atoms with Crippen molar-refractivity contribution in [3.05, 3.63) is 47.5 Å². The van der Waals surface area contributed by atoms with Crippen LogP contribution in [0.5, 0.6) is 0 Å². The van der Waals surface area contributed by atoms with E-state index in [9.17, 15) is 0 Å². The topological polar surface area (TPSA) is 35.2 Å². The van der Waals surface area contributed by atoms with E-state index in [-0.39, 0.29) is 0 Å². The third-order valence-corrected chi connectivity index (χ3v) is 6.04. The highest BCUT2D eigenvalue weighted by Crippen LogP contribution is 2.34. The van der Waals surface area contributed by atoms with Gasteiger partial charge in [0.05, 0.1) is 0 Å². The lowest BCUT2D eigenvalue weighted by Crippen LogP contribution is -2.52. The van der Waals surface area contributed by atoms with Gasteiger partial charge >= 0.3 is 0 Å². The lowest BCUT2D eigenvalue weighted by atomic mass is 9.92. The van der Waals surface area contributed by atoms with Crippen LogP contribution in [0.3, 0.4) is 0 Å². The van der Waals surface area contributed by atoms with Crippen LogP contribution in [0.15, 0.2) is 36.7 Å². The maximum absolute atomic E-state index is 6.16. The molecule has 1 aliphatic carbocycles. The van der Waals surface area contributed by atoms with Crippen LogP contribution >= 0.6 is 11.6 Å². The van der Waals surface area contributed by atoms with Crippen molar-refractivity contribution in [1.82, 2.24) is 14.9 Å². The van der Waals surface area contributed by atoms with E-state index in [1.54, 1.807) is 0 Å². The molecule has 1 aromatic carbocycles. The normalized spacial score (nSPS) is 25.7. The smallest absolute Gasteiger partial charge is 0.110 e. The molecule has 0 radical (unpaired) electrons. The molecule has 2 aliphatic rings. The summed E-state index contributed by atoms with van der Waals surface area (Å²) in [5.41, 5.74) is 1.25. The number of piperazine rings is 1. The van der Waals surface area contributed by atoms with E-state index in [0.717, 1.165) is 31.2 Å². The minimum absolute atomic E-state index is 0.551. The first-order valence-corrected chi connectivity index (χ1v) is 9.93. The van der Waals surface area contributed by atoms with Gasteiger partial charge in [-0.1, -0.05) is 36.9 Å². The number of H-pyrrole nitrogens is 1. The van der Waals surface area contributed by atoms with Crippen molar-refractivity contribution in [3.63, 3.8) is 0 Å². The van der Waals surface area contributed by atoms with Crippen LogP contribution in [-0.4, -0.2) is 47.1 Å². The number of anilines is 1. The molecule has 0 amide bonds. The Morgan fingerprint density at radius 3 is 2.64 bits per heavy atom. The van der Waals surface area contributed by atoms with Gasteiger partial charge in [0.15, 0.2) is 0 Å². The monoisotopic (exact) mass is 358 g/mol. The molecule has 2 heterocycles. The Morgan fingerprint density at radius 1 is 1.04 bits per heavy atom. The predicted octanol–water partition coefficient (Wildman–Crippen LogP) is 4.30. The summed E-state index contributed by atoms with van der Waals surface area (Å²) in [5, 5.41) is 0.821. The quantitative estimate of drug-likeness (QED) is 0.831. The van der Waals surface area contributed by atoms with Gasteiger partial charge in [-0.2, -0.15) is 0 Å². The Labute approximate surface area is 155 Å². The molecule has 0 spiro atoms. The summed E-state index contributed by atoms with van der Waals surface area (Å²) < 4.78 is 0. The minimum atomic E-state index is 0.551. The van der Waals surface area contributed by atoms with Gasteiger partial charge in [-0.3, -0.25) is 4.90 Å². The molecule has 5 heteroatoms. The summed E-state index contributed by atoms with van der Waals surface area (Å²) >= 11 is 6.16. The number of aromatic nitrogens is 2. The van der Waals surface area contributed by atoms with Gasteiger partial charge in [0, 0.05) is 61.2 Å². The fourth-order valence-electron chi connectivity index (χ4n) is 4.51. The van der Waals surface area contributed by atoms with Gasteiger partial charge in [-0.15, -0.1) is 0 Å². The maximum atomic E-state index is 6.16. The second-order valence-electron chi connectivity index (χ2n) is 7.29. The number of nitrogens with one attached hydrogen (secondary N) is 1. The molecule has 0 bridgehead atoms. The van der Waals surface area contributed by atoms with E-state index in [0.29, 0.717) is 12.0 Å². The van der Waals surface area contributed by atoms with Crippen LogP contribution in [0.1, 0.15) is 43.8 Å². The van der Waals surface area contributed by atoms with Gasteiger partial charge in [0.1, 0.15) is 5.82 Å². The van der Waals surface area contributed by atoms with E-state index >= 15 is 0 Å². The zero-order chi connectivity index (χ0) is 17.1. The number of aromatic amines is 1. The predicted molar refractivity (Wildman–Crippen MR) is 103 cm³/mol. The molecule has 4 nitrogen and oxygen atoms in total. The first-order valence-electron chi connectivity index (χ1n) is 9.55. The van der Waals surface area contributed by atoms with Crippen LogP contribution in [-0.2, 0) is 0 Å². The molecule has 4 rings (SSSR count). The number of halogens is 1. The summed E-state index contributed by atoms with van der Waals surface area (Å²) in [6.45, 7) is 4.38. The van der Waals surface area contributed by atoms with Gasteiger partial charge in [0.25, 0.3) is 0 Å². The lowest BCUT2D eigenvalue weighted by Gasteiger charge is -2.42. The molecule has 1 aromatic heterocycles. The van der Waals surface area contributed by atoms with Crippen LogP contribution < -0.4 is 4.90 Å². The molecule has 25 heavy (non-hydrogen) atoms. The molecule has 2 aromatic rings. The average Bonchev–Trinajstić information content (AvgIpc) is 3.06. The fourth-order valence-corrected chi connectivity index (χ4v) is 4.69. The number of rotatable bonds is 3. The molecule has 1 aliphatic heterocycles. The largest absolute Gasteiger partial charge is 0.369 e. The second-order valence-corrected chi connectivity index (χ2v) is 7.73.